The summed E-state index contributed by atoms with van der Waals surface area (Å²) >= 11 is 6.08. The molecule has 2 saturated heterocycles. The third kappa shape index (κ3) is 2.96. The van der Waals surface area contributed by atoms with Crippen LogP contribution in [0.25, 0.3) is 0 Å². The predicted octanol–water partition coefficient (Wildman–Crippen LogP) is 3.62. The van der Waals surface area contributed by atoms with Crippen LogP contribution in [0.5, 0.6) is 0 Å². The SMILES string of the molecule is C[C@H](NC1CCN2CCCCC12)c1cccc(Cl)c1. The highest BCUT2D eigenvalue weighted by Crippen LogP contribution is 2.29. The first kappa shape index (κ1) is 13.4. The van der Waals surface area contributed by atoms with Crippen LogP contribution in [-0.2, 0) is 0 Å². The molecular weight excluding hydrogens is 256 g/mol. The van der Waals surface area contributed by atoms with Crippen molar-refractivity contribution < 1.29 is 0 Å². The Labute approximate surface area is 121 Å². The van der Waals surface area contributed by atoms with E-state index in [2.05, 4.69) is 29.3 Å². The second kappa shape index (κ2) is 5.82. The summed E-state index contributed by atoms with van der Waals surface area (Å²) in [7, 11) is 0. The first-order chi connectivity index (χ1) is 9.24. The molecule has 2 unspecified atom stereocenters. The van der Waals surface area contributed by atoms with Crippen LogP contribution in [0.4, 0.5) is 0 Å². The summed E-state index contributed by atoms with van der Waals surface area (Å²) < 4.78 is 0. The van der Waals surface area contributed by atoms with Gasteiger partial charge < -0.3 is 5.32 Å². The zero-order chi connectivity index (χ0) is 13.2. The number of piperidine rings is 1. The smallest absolute Gasteiger partial charge is 0.0409 e. The summed E-state index contributed by atoms with van der Waals surface area (Å²) in [5.74, 6) is 0. The highest BCUT2D eigenvalue weighted by atomic mass is 35.5. The summed E-state index contributed by atoms with van der Waals surface area (Å²) in [4.78, 5) is 2.67. The molecule has 2 fully saturated rings. The Hall–Kier alpha value is -0.570. The van der Waals surface area contributed by atoms with E-state index in [4.69, 9.17) is 11.6 Å². The largest absolute Gasteiger partial charge is 0.306 e. The average molecular weight is 279 g/mol. The number of fused-ring (bicyclic) bond motifs is 1. The molecule has 104 valence electrons. The Balaban J connectivity index is 1.65. The van der Waals surface area contributed by atoms with Gasteiger partial charge in [0.25, 0.3) is 0 Å². The molecule has 1 N–H and O–H groups in total. The highest BCUT2D eigenvalue weighted by molar-refractivity contribution is 6.30. The molecule has 0 aliphatic carbocycles. The number of benzene rings is 1. The van der Waals surface area contributed by atoms with Crippen LogP contribution in [-0.4, -0.2) is 30.1 Å². The second-order valence-corrected chi connectivity index (χ2v) is 6.37. The molecule has 0 radical (unpaired) electrons. The van der Waals surface area contributed by atoms with E-state index in [1.807, 2.05) is 12.1 Å². The maximum atomic E-state index is 6.08. The van der Waals surface area contributed by atoms with E-state index in [0.29, 0.717) is 12.1 Å². The van der Waals surface area contributed by atoms with Gasteiger partial charge in [-0.1, -0.05) is 30.2 Å². The lowest BCUT2D eigenvalue weighted by Crippen LogP contribution is -2.45. The van der Waals surface area contributed by atoms with E-state index < -0.39 is 0 Å². The lowest BCUT2D eigenvalue weighted by molar-refractivity contribution is 0.177. The second-order valence-electron chi connectivity index (χ2n) is 5.94. The van der Waals surface area contributed by atoms with Gasteiger partial charge in [-0.25, -0.2) is 0 Å². The fourth-order valence-electron chi connectivity index (χ4n) is 3.64. The molecule has 1 aromatic rings. The van der Waals surface area contributed by atoms with E-state index in [1.165, 1.54) is 44.3 Å². The van der Waals surface area contributed by atoms with Gasteiger partial charge in [-0.2, -0.15) is 0 Å². The minimum Gasteiger partial charge on any atom is -0.306 e. The Kier molecular flexibility index (Phi) is 4.11. The van der Waals surface area contributed by atoms with Crippen LogP contribution < -0.4 is 5.32 Å². The topological polar surface area (TPSA) is 15.3 Å². The molecule has 0 aromatic heterocycles. The maximum absolute atomic E-state index is 6.08. The first-order valence-corrected chi connectivity index (χ1v) is 7.87. The van der Waals surface area contributed by atoms with Gasteiger partial charge in [0.15, 0.2) is 0 Å². The number of rotatable bonds is 3. The molecule has 2 aliphatic heterocycles. The van der Waals surface area contributed by atoms with Crippen molar-refractivity contribution in [1.29, 1.82) is 0 Å². The van der Waals surface area contributed by atoms with E-state index in [9.17, 15) is 0 Å². The minimum atomic E-state index is 0.380. The molecule has 0 saturated carbocycles. The quantitative estimate of drug-likeness (QED) is 0.909. The Morgan fingerprint density at radius 3 is 3.00 bits per heavy atom. The predicted molar refractivity (Wildman–Crippen MR) is 80.6 cm³/mol. The number of nitrogens with one attached hydrogen (secondary N) is 1. The third-order valence-electron chi connectivity index (χ3n) is 4.67. The molecule has 2 heterocycles. The standard InChI is InChI=1S/C16H23ClN2/c1-12(13-5-4-6-14(17)11-13)18-15-8-10-19-9-3-2-7-16(15)19/h4-6,11-12,15-16,18H,2-3,7-10H2,1H3/t12-,15?,16?/m0/s1. The average Bonchev–Trinajstić information content (AvgIpc) is 2.82. The fraction of sp³-hybridized carbons (Fsp3) is 0.625. The van der Waals surface area contributed by atoms with Crippen LogP contribution in [0, 0.1) is 0 Å². The van der Waals surface area contributed by atoms with Crippen molar-refractivity contribution in [3.8, 4) is 0 Å². The van der Waals surface area contributed by atoms with Gasteiger partial charge in [0.2, 0.25) is 0 Å². The van der Waals surface area contributed by atoms with Crippen LogP contribution in [0.2, 0.25) is 5.02 Å². The molecule has 2 aliphatic rings. The van der Waals surface area contributed by atoms with Crippen LogP contribution >= 0.6 is 11.6 Å². The van der Waals surface area contributed by atoms with E-state index in [0.717, 1.165) is 11.1 Å². The third-order valence-corrected chi connectivity index (χ3v) is 4.90. The van der Waals surface area contributed by atoms with Gasteiger partial charge in [0.05, 0.1) is 0 Å². The lowest BCUT2D eigenvalue weighted by Gasteiger charge is -2.34. The van der Waals surface area contributed by atoms with Gasteiger partial charge in [-0.05, 0) is 50.4 Å². The number of hydrogen-bond acceptors (Lipinski definition) is 2. The summed E-state index contributed by atoms with van der Waals surface area (Å²) in [6.45, 7) is 4.82. The van der Waals surface area contributed by atoms with Crippen molar-refractivity contribution in [2.24, 2.45) is 0 Å². The molecule has 3 atom stereocenters. The molecule has 2 nitrogen and oxygen atoms in total. The normalized spacial score (nSPS) is 29.2. The van der Waals surface area contributed by atoms with E-state index in [-0.39, 0.29) is 0 Å². The van der Waals surface area contributed by atoms with Gasteiger partial charge >= 0.3 is 0 Å². The minimum absolute atomic E-state index is 0.380. The van der Waals surface area contributed by atoms with Crippen LogP contribution in [0.3, 0.4) is 0 Å². The van der Waals surface area contributed by atoms with Gasteiger partial charge in [0.1, 0.15) is 0 Å². The van der Waals surface area contributed by atoms with Gasteiger partial charge in [-0.3, -0.25) is 4.90 Å². The van der Waals surface area contributed by atoms with Gasteiger partial charge in [-0.15, -0.1) is 0 Å². The molecule has 3 heteroatoms. The summed E-state index contributed by atoms with van der Waals surface area (Å²) in [5.41, 5.74) is 1.29. The number of halogens is 1. The molecule has 0 bridgehead atoms. The molecule has 0 spiro atoms. The molecule has 1 aromatic carbocycles. The lowest BCUT2D eigenvalue weighted by atomic mass is 9.97. The van der Waals surface area contributed by atoms with Crippen molar-refractivity contribution >= 4 is 11.6 Å². The molecule has 3 rings (SSSR count). The van der Waals surface area contributed by atoms with Gasteiger partial charge in [0, 0.05) is 29.7 Å². The van der Waals surface area contributed by atoms with Crippen LogP contribution in [0.15, 0.2) is 24.3 Å². The Morgan fingerprint density at radius 2 is 2.16 bits per heavy atom. The summed E-state index contributed by atoms with van der Waals surface area (Å²) in [5, 5.41) is 4.65. The summed E-state index contributed by atoms with van der Waals surface area (Å²) in [6.07, 6.45) is 5.42. The van der Waals surface area contributed by atoms with Crippen molar-refractivity contribution in [3.63, 3.8) is 0 Å². The fourth-order valence-corrected chi connectivity index (χ4v) is 3.83. The van der Waals surface area contributed by atoms with E-state index >= 15 is 0 Å². The van der Waals surface area contributed by atoms with Crippen LogP contribution in [0.1, 0.15) is 44.2 Å². The van der Waals surface area contributed by atoms with Crippen molar-refractivity contribution in [2.75, 3.05) is 13.1 Å². The number of nitrogens with zero attached hydrogens (tertiary/aromatic N) is 1. The molecule has 0 amide bonds. The van der Waals surface area contributed by atoms with E-state index in [1.54, 1.807) is 0 Å². The van der Waals surface area contributed by atoms with Crippen molar-refractivity contribution in [2.45, 2.75) is 50.7 Å². The molecular formula is C16H23ClN2. The first-order valence-electron chi connectivity index (χ1n) is 7.49. The molecule has 19 heavy (non-hydrogen) atoms. The highest BCUT2D eigenvalue weighted by Gasteiger charge is 2.35. The maximum Gasteiger partial charge on any atom is 0.0409 e. The summed E-state index contributed by atoms with van der Waals surface area (Å²) in [6, 6.07) is 10.0. The Morgan fingerprint density at radius 1 is 1.26 bits per heavy atom. The van der Waals surface area contributed by atoms with Crippen molar-refractivity contribution in [3.05, 3.63) is 34.9 Å². The monoisotopic (exact) mass is 278 g/mol. The van der Waals surface area contributed by atoms with Crippen molar-refractivity contribution in [1.82, 2.24) is 10.2 Å². The number of hydrogen-bond donors (Lipinski definition) is 1. The Bertz CT molecular complexity index is 435. The zero-order valence-corrected chi connectivity index (χ0v) is 12.4. The zero-order valence-electron chi connectivity index (χ0n) is 11.6.